The Morgan fingerprint density at radius 3 is 1.82 bits per heavy atom. The Hall–Kier alpha value is -1.13. The molecule has 0 aliphatic heterocycles. The van der Waals surface area contributed by atoms with Gasteiger partial charge in [0.2, 0.25) is 5.91 Å². The number of carbonyl (C=O) groups is 2. The molecule has 0 rings (SSSR count). The third kappa shape index (κ3) is 17.0. The molecule has 2 unspecified atom stereocenters. The van der Waals surface area contributed by atoms with Gasteiger partial charge in [-0.3, -0.25) is 9.59 Å². The van der Waals surface area contributed by atoms with E-state index in [1.54, 1.807) is 13.8 Å². The summed E-state index contributed by atoms with van der Waals surface area (Å²) in [6.07, 6.45) is 0.381. The monoisotopic (exact) mass is 479 g/mol. The van der Waals surface area contributed by atoms with Gasteiger partial charge in [-0.15, -0.1) is 0 Å². The van der Waals surface area contributed by atoms with Crippen LogP contribution in [0.2, 0.25) is 0 Å². The number of Topliss-reactive ketones (excluding diaryl/α,β-unsaturated/α-hetero) is 1. The fourth-order valence-electron chi connectivity index (χ4n) is 2.63. The van der Waals surface area contributed by atoms with E-state index in [-0.39, 0.29) is 43.3 Å². The minimum Gasteiger partial charge on any atom is -0.377 e. The van der Waals surface area contributed by atoms with Gasteiger partial charge in [0.25, 0.3) is 0 Å². The Morgan fingerprint density at radius 1 is 0.848 bits per heavy atom. The van der Waals surface area contributed by atoms with Gasteiger partial charge >= 0.3 is 0 Å². The summed E-state index contributed by atoms with van der Waals surface area (Å²) in [6, 6.07) is 0. The van der Waals surface area contributed by atoms with E-state index < -0.39 is 11.8 Å². The number of carbonyl (C=O) groups excluding carboxylic acids is 2. The highest BCUT2D eigenvalue weighted by molar-refractivity contribution is 5.81. The molecule has 0 fully saturated rings. The summed E-state index contributed by atoms with van der Waals surface area (Å²) in [6.45, 7) is 14.0. The van der Waals surface area contributed by atoms with Gasteiger partial charge in [0.05, 0.1) is 65.0 Å². The highest BCUT2D eigenvalue weighted by Crippen LogP contribution is 2.18. The largest absolute Gasteiger partial charge is 0.377 e. The van der Waals surface area contributed by atoms with Crippen molar-refractivity contribution in [3.63, 3.8) is 0 Å². The normalized spacial score (nSPS) is 13.8. The van der Waals surface area contributed by atoms with E-state index >= 15 is 0 Å². The zero-order valence-electron chi connectivity index (χ0n) is 21.5. The maximum atomic E-state index is 14.5. The van der Waals surface area contributed by atoms with Crippen molar-refractivity contribution in [2.45, 2.75) is 66.2 Å². The molecule has 2 atom stereocenters. The molecule has 0 radical (unpaired) electrons. The summed E-state index contributed by atoms with van der Waals surface area (Å²) in [5, 5.41) is 2.66. The molecular formula is C24H46FNO7. The molecule has 0 saturated carbocycles. The molecular weight excluding hydrogens is 433 g/mol. The lowest BCUT2D eigenvalue weighted by molar-refractivity contribution is -0.127. The van der Waals surface area contributed by atoms with Crippen molar-refractivity contribution in [1.82, 2.24) is 5.32 Å². The predicted molar refractivity (Wildman–Crippen MR) is 125 cm³/mol. The first kappa shape index (κ1) is 31.9. The van der Waals surface area contributed by atoms with Crippen molar-refractivity contribution in [1.29, 1.82) is 0 Å². The fraction of sp³-hybridized carbons (Fsp3) is 0.917. The molecule has 0 aromatic heterocycles. The van der Waals surface area contributed by atoms with E-state index in [2.05, 4.69) is 5.32 Å². The molecule has 33 heavy (non-hydrogen) atoms. The van der Waals surface area contributed by atoms with Crippen molar-refractivity contribution >= 4 is 11.7 Å². The number of halogens is 1. The molecule has 0 saturated heterocycles. The zero-order chi connectivity index (χ0) is 25.1. The second-order valence-corrected chi connectivity index (χ2v) is 8.87. The first-order valence-electron chi connectivity index (χ1n) is 12.0. The second-order valence-electron chi connectivity index (χ2n) is 8.87. The SMILES string of the molecule is CCCC(C)C(=O)NCC(F)C(C)(C)OCCOCCOCCOCCOCC(=O)C(C)C. The molecule has 1 amide bonds. The molecule has 0 bridgehead atoms. The predicted octanol–water partition coefficient (Wildman–Crippen LogP) is 2.96. The summed E-state index contributed by atoms with van der Waals surface area (Å²) >= 11 is 0. The van der Waals surface area contributed by atoms with Crippen molar-refractivity contribution in [3.05, 3.63) is 0 Å². The molecule has 0 aliphatic rings. The smallest absolute Gasteiger partial charge is 0.222 e. The number of rotatable bonds is 22. The molecule has 8 nitrogen and oxygen atoms in total. The van der Waals surface area contributed by atoms with Gasteiger partial charge in [0.15, 0.2) is 5.78 Å². The van der Waals surface area contributed by atoms with E-state index in [4.69, 9.17) is 23.7 Å². The minimum absolute atomic E-state index is 0.0152. The van der Waals surface area contributed by atoms with Crippen LogP contribution in [-0.4, -0.2) is 89.5 Å². The summed E-state index contributed by atoms with van der Waals surface area (Å²) in [5.41, 5.74) is -1.02. The van der Waals surface area contributed by atoms with Crippen LogP contribution >= 0.6 is 0 Å². The quantitative estimate of drug-likeness (QED) is 0.239. The summed E-state index contributed by atoms with van der Waals surface area (Å²) in [5.74, 6) is -0.180. The Morgan fingerprint density at radius 2 is 1.33 bits per heavy atom. The number of alkyl halides is 1. The highest BCUT2D eigenvalue weighted by Gasteiger charge is 2.31. The first-order valence-corrected chi connectivity index (χ1v) is 12.0. The Balaban J connectivity index is 3.60. The van der Waals surface area contributed by atoms with E-state index in [1.807, 2.05) is 27.7 Å². The fourth-order valence-corrected chi connectivity index (χ4v) is 2.63. The van der Waals surface area contributed by atoms with E-state index in [0.29, 0.717) is 46.2 Å². The Kier molecular flexibility index (Phi) is 18.5. The third-order valence-corrected chi connectivity index (χ3v) is 5.09. The standard InChI is InChI=1S/C24H46FNO7/c1-7-8-20(4)23(28)26-17-22(25)24(5,6)33-16-15-31-12-11-29-9-10-30-13-14-32-18-21(27)19(2)3/h19-20,22H,7-18H2,1-6H3,(H,26,28). The van der Waals surface area contributed by atoms with Gasteiger partial charge in [-0.25, -0.2) is 4.39 Å². The van der Waals surface area contributed by atoms with E-state index in [0.717, 1.165) is 12.8 Å². The van der Waals surface area contributed by atoms with Crippen LogP contribution in [0.5, 0.6) is 0 Å². The third-order valence-electron chi connectivity index (χ3n) is 5.09. The molecule has 0 heterocycles. The number of ether oxygens (including phenoxy) is 5. The molecule has 1 N–H and O–H groups in total. The van der Waals surface area contributed by atoms with Crippen LogP contribution < -0.4 is 5.32 Å². The molecule has 0 aromatic carbocycles. The average Bonchev–Trinajstić information content (AvgIpc) is 2.77. The second kappa shape index (κ2) is 19.2. The molecule has 196 valence electrons. The van der Waals surface area contributed by atoms with Crippen LogP contribution in [-0.2, 0) is 33.3 Å². The van der Waals surface area contributed by atoms with Crippen LogP contribution in [0.25, 0.3) is 0 Å². The van der Waals surface area contributed by atoms with Gasteiger partial charge in [0, 0.05) is 11.8 Å². The molecule has 0 spiro atoms. The summed E-state index contributed by atoms with van der Waals surface area (Å²) in [4.78, 5) is 23.3. The van der Waals surface area contributed by atoms with Gasteiger partial charge in [0.1, 0.15) is 12.8 Å². The van der Waals surface area contributed by atoms with Gasteiger partial charge in [-0.1, -0.05) is 34.1 Å². The highest BCUT2D eigenvalue weighted by atomic mass is 19.1. The van der Waals surface area contributed by atoms with Crippen molar-refractivity contribution in [2.75, 3.05) is 66.0 Å². The zero-order valence-corrected chi connectivity index (χ0v) is 21.5. The number of hydrogen-bond acceptors (Lipinski definition) is 7. The van der Waals surface area contributed by atoms with Crippen LogP contribution in [0.3, 0.4) is 0 Å². The van der Waals surface area contributed by atoms with Crippen LogP contribution in [0.4, 0.5) is 4.39 Å². The van der Waals surface area contributed by atoms with Crippen molar-refractivity contribution in [3.8, 4) is 0 Å². The lowest BCUT2D eigenvalue weighted by atomic mass is 10.0. The summed E-state index contributed by atoms with van der Waals surface area (Å²) < 4.78 is 41.5. The average molecular weight is 480 g/mol. The molecule has 0 aliphatic carbocycles. The van der Waals surface area contributed by atoms with Crippen LogP contribution in [0.15, 0.2) is 0 Å². The van der Waals surface area contributed by atoms with Crippen LogP contribution in [0, 0.1) is 11.8 Å². The summed E-state index contributed by atoms with van der Waals surface area (Å²) in [7, 11) is 0. The number of hydrogen-bond donors (Lipinski definition) is 1. The lowest BCUT2D eigenvalue weighted by Gasteiger charge is -2.29. The van der Waals surface area contributed by atoms with Crippen molar-refractivity contribution in [2.24, 2.45) is 11.8 Å². The minimum atomic E-state index is -1.32. The van der Waals surface area contributed by atoms with Gasteiger partial charge in [-0.2, -0.15) is 0 Å². The Bertz CT molecular complexity index is 517. The number of amides is 1. The lowest BCUT2D eigenvalue weighted by Crippen LogP contribution is -2.45. The molecule has 9 heteroatoms. The topological polar surface area (TPSA) is 92.3 Å². The van der Waals surface area contributed by atoms with Crippen LogP contribution in [0.1, 0.15) is 54.4 Å². The maximum Gasteiger partial charge on any atom is 0.222 e. The van der Waals surface area contributed by atoms with Gasteiger partial charge in [-0.05, 0) is 20.3 Å². The Labute approximate surface area is 199 Å². The maximum absolute atomic E-state index is 14.5. The number of ketones is 1. The van der Waals surface area contributed by atoms with E-state index in [1.165, 1.54) is 0 Å². The first-order chi connectivity index (χ1) is 15.6. The number of nitrogens with one attached hydrogen (secondary N) is 1. The van der Waals surface area contributed by atoms with Crippen molar-refractivity contribution < 1.29 is 37.7 Å². The van der Waals surface area contributed by atoms with E-state index in [9.17, 15) is 14.0 Å². The van der Waals surface area contributed by atoms with Gasteiger partial charge < -0.3 is 29.0 Å². The molecule has 0 aromatic rings.